The molecule has 0 aromatic rings. The van der Waals surface area contributed by atoms with Gasteiger partial charge < -0.3 is 22.3 Å². The van der Waals surface area contributed by atoms with Crippen LogP contribution in [0.1, 0.15) is 12.8 Å². The summed E-state index contributed by atoms with van der Waals surface area (Å²) in [7, 11) is 0. The van der Waals surface area contributed by atoms with Gasteiger partial charge in [-0.05, 0) is 0 Å². The number of nitrogens with two attached hydrogens (primary N) is 3. The van der Waals surface area contributed by atoms with E-state index in [4.69, 9.17) is 22.3 Å². The highest BCUT2D eigenvalue weighted by Gasteiger charge is 2.21. The van der Waals surface area contributed by atoms with Crippen molar-refractivity contribution in [1.82, 2.24) is 0 Å². The van der Waals surface area contributed by atoms with Crippen molar-refractivity contribution < 1.29 is 19.5 Å². The first-order chi connectivity index (χ1) is 6.34. The van der Waals surface area contributed by atoms with Crippen LogP contribution in [0.2, 0.25) is 0 Å². The van der Waals surface area contributed by atoms with Crippen LogP contribution in [0.4, 0.5) is 0 Å². The van der Waals surface area contributed by atoms with Crippen LogP contribution in [-0.4, -0.2) is 34.8 Å². The van der Waals surface area contributed by atoms with Gasteiger partial charge in [0.2, 0.25) is 5.91 Å². The molecular formula is C7H13N3O4. The van der Waals surface area contributed by atoms with E-state index in [-0.39, 0.29) is 6.42 Å². The largest absolute Gasteiger partial charge is 0.480 e. The van der Waals surface area contributed by atoms with Gasteiger partial charge in [0, 0.05) is 12.8 Å². The first kappa shape index (κ1) is 12.5. The lowest BCUT2D eigenvalue weighted by Crippen LogP contribution is -2.40. The van der Waals surface area contributed by atoms with Crippen LogP contribution in [0, 0.1) is 0 Å². The molecule has 7 N–H and O–H groups in total. The molecule has 2 atom stereocenters. The van der Waals surface area contributed by atoms with Gasteiger partial charge >= 0.3 is 5.97 Å². The van der Waals surface area contributed by atoms with Crippen LogP contribution in [-0.2, 0) is 14.4 Å². The molecule has 80 valence electrons. The Balaban J connectivity index is 4.07. The van der Waals surface area contributed by atoms with Gasteiger partial charge in [-0.25, -0.2) is 0 Å². The maximum Gasteiger partial charge on any atom is 0.320 e. The number of amides is 1. The molecule has 0 radical (unpaired) electrons. The van der Waals surface area contributed by atoms with Crippen LogP contribution in [0.15, 0.2) is 0 Å². The summed E-state index contributed by atoms with van der Waals surface area (Å²) >= 11 is 0. The lowest BCUT2D eigenvalue weighted by atomic mass is 10.0. The first-order valence-electron chi connectivity index (χ1n) is 3.89. The number of primary amides is 1. The van der Waals surface area contributed by atoms with Crippen LogP contribution in [0.5, 0.6) is 0 Å². The number of hydrogen-bond donors (Lipinski definition) is 4. The fraction of sp³-hybridized carbons (Fsp3) is 0.571. The van der Waals surface area contributed by atoms with E-state index in [1.54, 1.807) is 0 Å². The minimum atomic E-state index is -1.29. The second-order valence-electron chi connectivity index (χ2n) is 2.89. The number of hydrogen-bond acceptors (Lipinski definition) is 5. The summed E-state index contributed by atoms with van der Waals surface area (Å²) in [5, 5.41) is 8.38. The third-order valence-corrected chi connectivity index (χ3v) is 1.57. The van der Waals surface area contributed by atoms with Crippen molar-refractivity contribution in [1.29, 1.82) is 0 Å². The summed E-state index contributed by atoms with van der Waals surface area (Å²) in [5.41, 5.74) is 15.2. The molecule has 0 fully saturated rings. The maximum atomic E-state index is 11.1. The number of rotatable bonds is 6. The molecule has 7 heteroatoms. The summed E-state index contributed by atoms with van der Waals surface area (Å²) in [6.07, 6.45) is -0.699. The number of carbonyl (C=O) groups excluding carboxylic acids is 2. The molecule has 0 rings (SSSR count). The Bertz CT molecular complexity index is 253. The zero-order chi connectivity index (χ0) is 11.3. The fourth-order valence-electron chi connectivity index (χ4n) is 0.786. The summed E-state index contributed by atoms with van der Waals surface area (Å²) in [5.74, 6) is -2.59. The predicted molar refractivity (Wildman–Crippen MR) is 47.0 cm³/mol. The Kier molecular flexibility index (Phi) is 4.74. The molecule has 1 amide bonds. The van der Waals surface area contributed by atoms with Crippen LogP contribution >= 0.6 is 0 Å². The average Bonchev–Trinajstić information content (AvgIpc) is 2.02. The molecule has 0 aromatic heterocycles. The molecule has 0 saturated carbocycles. The molecule has 0 spiro atoms. The van der Waals surface area contributed by atoms with E-state index in [9.17, 15) is 14.4 Å². The number of carbonyl (C=O) groups is 3. The summed E-state index contributed by atoms with van der Waals surface area (Å²) in [4.78, 5) is 31.8. The third kappa shape index (κ3) is 4.53. The topological polar surface area (TPSA) is 150 Å². The van der Waals surface area contributed by atoms with Gasteiger partial charge in [-0.3, -0.25) is 14.4 Å². The van der Waals surface area contributed by atoms with Gasteiger partial charge in [-0.2, -0.15) is 0 Å². The lowest BCUT2D eigenvalue weighted by Gasteiger charge is -2.10. The molecule has 1 unspecified atom stereocenters. The van der Waals surface area contributed by atoms with Crippen molar-refractivity contribution in [2.24, 2.45) is 17.2 Å². The van der Waals surface area contributed by atoms with Crippen molar-refractivity contribution in [2.45, 2.75) is 24.9 Å². The van der Waals surface area contributed by atoms with Gasteiger partial charge in [-0.15, -0.1) is 0 Å². The smallest absolute Gasteiger partial charge is 0.320 e. The standard InChI is InChI=1S/C7H13N3O4/c8-3(2-6(10)12)5(11)1-4(9)7(13)14/h3-4H,1-2,8-9H2,(H2,10,12)(H,13,14)/t3?,4-/m0/s1. The zero-order valence-electron chi connectivity index (χ0n) is 7.47. The van der Waals surface area contributed by atoms with Crippen LogP contribution in [0.25, 0.3) is 0 Å². The van der Waals surface area contributed by atoms with Crippen LogP contribution < -0.4 is 17.2 Å². The molecule has 0 aliphatic rings. The SMILES string of the molecule is NC(=O)CC(N)C(=O)C[C@H](N)C(=O)O. The fourth-order valence-corrected chi connectivity index (χ4v) is 0.786. The van der Waals surface area contributed by atoms with E-state index in [1.165, 1.54) is 0 Å². The van der Waals surface area contributed by atoms with Crippen molar-refractivity contribution >= 4 is 17.7 Å². The predicted octanol–water partition coefficient (Wildman–Crippen LogP) is -2.44. The zero-order valence-corrected chi connectivity index (χ0v) is 7.47. The van der Waals surface area contributed by atoms with E-state index >= 15 is 0 Å². The number of Topliss-reactive ketones (excluding diaryl/α,β-unsaturated/α-hetero) is 1. The molecule has 0 saturated heterocycles. The number of aliphatic carboxylic acids is 1. The summed E-state index contributed by atoms with van der Waals surface area (Å²) < 4.78 is 0. The normalized spacial score (nSPS) is 14.4. The Morgan fingerprint density at radius 1 is 1.07 bits per heavy atom. The third-order valence-electron chi connectivity index (χ3n) is 1.57. The Hall–Kier alpha value is -1.47. The molecule has 0 aliphatic heterocycles. The van der Waals surface area contributed by atoms with Gasteiger partial charge in [0.05, 0.1) is 6.04 Å². The van der Waals surface area contributed by atoms with Crippen molar-refractivity contribution in [2.75, 3.05) is 0 Å². The Morgan fingerprint density at radius 2 is 1.57 bits per heavy atom. The second kappa shape index (κ2) is 5.30. The van der Waals surface area contributed by atoms with Crippen LogP contribution in [0.3, 0.4) is 0 Å². The van der Waals surface area contributed by atoms with Crippen molar-refractivity contribution in [3.05, 3.63) is 0 Å². The Labute approximate surface area is 80.2 Å². The van der Waals surface area contributed by atoms with E-state index in [0.717, 1.165) is 0 Å². The summed E-state index contributed by atoms with van der Waals surface area (Å²) in [6.45, 7) is 0. The highest BCUT2D eigenvalue weighted by molar-refractivity contribution is 5.92. The molecular weight excluding hydrogens is 190 g/mol. The molecule has 0 heterocycles. The average molecular weight is 203 g/mol. The van der Waals surface area contributed by atoms with Crippen molar-refractivity contribution in [3.8, 4) is 0 Å². The minimum Gasteiger partial charge on any atom is -0.480 e. The molecule has 7 nitrogen and oxygen atoms in total. The quantitative estimate of drug-likeness (QED) is 0.376. The van der Waals surface area contributed by atoms with E-state index in [2.05, 4.69) is 0 Å². The summed E-state index contributed by atoms with van der Waals surface area (Å²) in [6, 6.07) is -2.36. The van der Waals surface area contributed by atoms with Crippen molar-refractivity contribution in [3.63, 3.8) is 0 Å². The number of carboxylic acids is 1. The van der Waals surface area contributed by atoms with Gasteiger partial charge in [0.25, 0.3) is 0 Å². The molecule has 0 bridgehead atoms. The molecule has 14 heavy (non-hydrogen) atoms. The lowest BCUT2D eigenvalue weighted by molar-refractivity contribution is -0.140. The van der Waals surface area contributed by atoms with Gasteiger partial charge in [0.1, 0.15) is 6.04 Å². The van der Waals surface area contributed by atoms with E-state index in [0.29, 0.717) is 0 Å². The van der Waals surface area contributed by atoms with Gasteiger partial charge in [0.15, 0.2) is 5.78 Å². The maximum absolute atomic E-state index is 11.1. The molecule has 0 aromatic carbocycles. The molecule has 0 aliphatic carbocycles. The number of ketones is 1. The van der Waals surface area contributed by atoms with E-state index < -0.39 is 36.2 Å². The first-order valence-corrected chi connectivity index (χ1v) is 3.89. The van der Waals surface area contributed by atoms with Gasteiger partial charge in [-0.1, -0.05) is 0 Å². The Morgan fingerprint density at radius 3 is 1.93 bits per heavy atom. The highest BCUT2D eigenvalue weighted by Crippen LogP contribution is 1.97. The highest BCUT2D eigenvalue weighted by atomic mass is 16.4. The minimum absolute atomic E-state index is 0.300. The monoisotopic (exact) mass is 203 g/mol. The second-order valence-corrected chi connectivity index (χ2v) is 2.89. The van der Waals surface area contributed by atoms with E-state index in [1.807, 2.05) is 0 Å². The number of carboxylic acid groups (broad SMARTS) is 1.